The molecule has 1 unspecified atom stereocenters. The molecule has 0 aliphatic rings. The van der Waals surface area contributed by atoms with Crippen molar-refractivity contribution in [2.75, 3.05) is 13.7 Å². The van der Waals surface area contributed by atoms with Crippen molar-refractivity contribution in [2.24, 2.45) is 0 Å². The van der Waals surface area contributed by atoms with E-state index in [0.29, 0.717) is 6.04 Å². The SMILES string of the molecule is CCCNC(CCC(C)(C)OC)c1ccccc1. The zero-order valence-electron chi connectivity index (χ0n) is 12.2. The number of benzene rings is 1. The van der Waals surface area contributed by atoms with E-state index < -0.39 is 0 Å². The van der Waals surface area contributed by atoms with Crippen molar-refractivity contribution < 1.29 is 4.74 Å². The minimum absolute atomic E-state index is 0.0407. The molecular formula is C16H27NO. The lowest BCUT2D eigenvalue weighted by atomic mass is 9.95. The van der Waals surface area contributed by atoms with Crippen LogP contribution >= 0.6 is 0 Å². The maximum Gasteiger partial charge on any atom is 0.0623 e. The zero-order valence-corrected chi connectivity index (χ0v) is 12.2. The number of ether oxygens (including phenoxy) is 1. The largest absolute Gasteiger partial charge is 0.379 e. The Labute approximate surface area is 112 Å². The minimum Gasteiger partial charge on any atom is -0.379 e. The summed E-state index contributed by atoms with van der Waals surface area (Å²) in [5, 5.41) is 3.63. The highest BCUT2D eigenvalue weighted by Crippen LogP contribution is 2.24. The average Bonchev–Trinajstić information content (AvgIpc) is 2.40. The molecule has 2 nitrogen and oxygen atoms in total. The number of nitrogens with one attached hydrogen (secondary N) is 1. The van der Waals surface area contributed by atoms with Gasteiger partial charge in [-0.05, 0) is 45.2 Å². The highest BCUT2D eigenvalue weighted by Gasteiger charge is 2.19. The van der Waals surface area contributed by atoms with Crippen LogP contribution in [-0.4, -0.2) is 19.3 Å². The van der Waals surface area contributed by atoms with Crippen LogP contribution in [0.25, 0.3) is 0 Å². The second-order valence-corrected chi connectivity index (χ2v) is 5.42. The quantitative estimate of drug-likeness (QED) is 0.753. The van der Waals surface area contributed by atoms with Gasteiger partial charge in [0, 0.05) is 13.2 Å². The Morgan fingerprint density at radius 2 is 1.89 bits per heavy atom. The van der Waals surface area contributed by atoms with Gasteiger partial charge in [0.2, 0.25) is 0 Å². The standard InChI is InChI=1S/C16H27NO/c1-5-13-17-15(11-12-16(2,3)18-4)14-9-7-6-8-10-14/h6-10,15,17H,5,11-13H2,1-4H3. The molecule has 0 spiro atoms. The first-order chi connectivity index (χ1) is 8.59. The highest BCUT2D eigenvalue weighted by molar-refractivity contribution is 5.18. The van der Waals surface area contributed by atoms with Crippen LogP contribution in [0.3, 0.4) is 0 Å². The topological polar surface area (TPSA) is 21.3 Å². The molecule has 0 bridgehead atoms. The van der Waals surface area contributed by atoms with Crippen molar-refractivity contribution in [3.05, 3.63) is 35.9 Å². The van der Waals surface area contributed by atoms with Crippen LogP contribution < -0.4 is 5.32 Å². The summed E-state index contributed by atoms with van der Waals surface area (Å²) >= 11 is 0. The van der Waals surface area contributed by atoms with E-state index in [9.17, 15) is 0 Å². The molecule has 1 aromatic rings. The lowest BCUT2D eigenvalue weighted by molar-refractivity contribution is 0.0117. The van der Waals surface area contributed by atoms with Crippen LogP contribution in [0, 0.1) is 0 Å². The van der Waals surface area contributed by atoms with Crippen molar-refractivity contribution in [3.63, 3.8) is 0 Å². The van der Waals surface area contributed by atoms with Crippen molar-refractivity contribution in [2.45, 2.75) is 51.7 Å². The molecule has 102 valence electrons. The fourth-order valence-corrected chi connectivity index (χ4v) is 1.98. The van der Waals surface area contributed by atoms with Crippen LogP contribution in [0.2, 0.25) is 0 Å². The van der Waals surface area contributed by atoms with Gasteiger partial charge in [0.05, 0.1) is 5.60 Å². The predicted octanol–water partition coefficient (Wildman–Crippen LogP) is 3.93. The Morgan fingerprint density at radius 3 is 2.44 bits per heavy atom. The molecule has 0 saturated carbocycles. The van der Waals surface area contributed by atoms with E-state index in [0.717, 1.165) is 25.8 Å². The first-order valence-electron chi connectivity index (χ1n) is 6.92. The molecule has 0 amide bonds. The third-order valence-electron chi connectivity index (χ3n) is 3.43. The van der Waals surface area contributed by atoms with E-state index in [4.69, 9.17) is 4.74 Å². The molecule has 0 aliphatic carbocycles. The third kappa shape index (κ3) is 5.19. The molecule has 0 aliphatic heterocycles. The van der Waals surface area contributed by atoms with E-state index in [1.807, 2.05) is 0 Å². The Kier molecular flexibility index (Phi) is 6.37. The van der Waals surface area contributed by atoms with Gasteiger partial charge in [-0.3, -0.25) is 0 Å². The van der Waals surface area contributed by atoms with Gasteiger partial charge in [-0.25, -0.2) is 0 Å². The van der Waals surface area contributed by atoms with Gasteiger partial charge in [-0.15, -0.1) is 0 Å². The van der Waals surface area contributed by atoms with Crippen LogP contribution in [0.1, 0.15) is 51.6 Å². The maximum atomic E-state index is 5.50. The second-order valence-electron chi connectivity index (χ2n) is 5.42. The molecule has 2 heteroatoms. The first-order valence-corrected chi connectivity index (χ1v) is 6.92. The lowest BCUT2D eigenvalue weighted by Crippen LogP contribution is -2.27. The Bertz CT molecular complexity index is 321. The summed E-state index contributed by atoms with van der Waals surface area (Å²) in [6.45, 7) is 7.56. The molecule has 0 fully saturated rings. The van der Waals surface area contributed by atoms with Gasteiger partial charge in [0.15, 0.2) is 0 Å². The molecule has 1 rings (SSSR count). The smallest absolute Gasteiger partial charge is 0.0623 e. The highest BCUT2D eigenvalue weighted by atomic mass is 16.5. The van der Waals surface area contributed by atoms with Crippen LogP contribution in [0.4, 0.5) is 0 Å². The Morgan fingerprint density at radius 1 is 1.22 bits per heavy atom. The van der Waals surface area contributed by atoms with E-state index in [-0.39, 0.29) is 5.60 Å². The van der Waals surface area contributed by atoms with Crippen LogP contribution in [0.15, 0.2) is 30.3 Å². The van der Waals surface area contributed by atoms with E-state index >= 15 is 0 Å². The summed E-state index contributed by atoms with van der Waals surface area (Å²) in [5.41, 5.74) is 1.33. The number of rotatable bonds is 8. The van der Waals surface area contributed by atoms with E-state index in [1.165, 1.54) is 5.56 Å². The molecular weight excluding hydrogens is 222 g/mol. The molecule has 0 radical (unpaired) electrons. The summed E-state index contributed by atoms with van der Waals surface area (Å²) in [7, 11) is 1.79. The summed E-state index contributed by atoms with van der Waals surface area (Å²) in [6.07, 6.45) is 3.32. The normalized spacial score (nSPS) is 13.6. The van der Waals surface area contributed by atoms with E-state index in [2.05, 4.69) is 56.4 Å². The van der Waals surface area contributed by atoms with Crippen molar-refractivity contribution in [1.82, 2.24) is 5.32 Å². The fraction of sp³-hybridized carbons (Fsp3) is 0.625. The van der Waals surface area contributed by atoms with Crippen LogP contribution in [0.5, 0.6) is 0 Å². The molecule has 1 N–H and O–H groups in total. The predicted molar refractivity (Wildman–Crippen MR) is 77.8 cm³/mol. The van der Waals surface area contributed by atoms with Crippen molar-refractivity contribution in [3.8, 4) is 0 Å². The first kappa shape index (κ1) is 15.2. The Hall–Kier alpha value is -0.860. The van der Waals surface area contributed by atoms with Gasteiger partial charge in [0.1, 0.15) is 0 Å². The summed E-state index contributed by atoms with van der Waals surface area (Å²) < 4.78 is 5.50. The maximum absolute atomic E-state index is 5.50. The fourth-order valence-electron chi connectivity index (χ4n) is 1.98. The average molecular weight is 249 g/mol. The lowest BCUT2D eigenvalue weighted by Gasteiger charge is -2.26. The number of methoxy groups -OCH3 is 1. The van der Waals surface area contributed by atoms with Gasteiger partial charge in [-0.1, -0.05) is 37.3 Å². The second kappa shape index (κ2) is 7.55. The molecule has 18 heavy (non-hydrogen) atoms. The summed E-state index contributed by atoms with van der Waals surface area (Å²) in [4.78, 5) is 0. The van der Waals surface area contributed by atoms with Crippen molar-refractivity contribution >= 4 is 0 Å². The number of hydrogen-bond donors (Lipinski definition) is 1. The van der Waals surface area contributed by atoms with Gasteiger partial charge >= 0.3 is 0 Å². The minimum atomic E-state index is -0.0407. The van der Waals surface area contributed by atoms with Crippen molar-refractivity contribution in [1.29, 1.82) is 0 Å². The molecule has 0 aromatic heterocycles. The number of hydrogen-bond acceptors (Lipinski definition) is 2. The zero-order chi connectivity index (χ0) is 13.4. The molecule has 1 atom stereocenters. The molecule has 0 heterocycles. The van der Waals surface area contributed by atoms with E-state index in [1.54, 1.807) is 7.11 Å². The van der Waals surface area contributed by atoms with Gasteiger partial charge in [-0.2, -0.15) is 0 Å². The summed E-state index contributed by atoms with van der Waals surface area (Å²) in [6, 6.07) is 11.1. The van der Waals surface area contributed by atoms with Gasteiger partial charge in [0.25, 0.3) is 0 Å². The molecule has 0 saturated heterocycles. The third-order valence-corrected chi connectivity index (χ3v) is 3.43. The van der Waals surface area contributed by atoms with Crippen LogP contribution in [-0.2, 0) is 4.74 Å². The monoisotopic (exact) mass is 249 g/mol. The molecule has 1 aromatic carbocycles. The van der Waals surface area contributed by atoms with Gasteiger partial charge < -0.3 is 10.1 Å². The Balaban J connectivity index is 2.62. The summed E-state index contributed by atoms with van der Waals surface area (Å²) in [5.74, 6) is 0.